The summed E-state index contributed by atoms with van der Waals surface area (Å²) in [5.74, 6) is 1.25. The standard InChI is InChI=1S/C18H21N7O3/c26-17(21-14-6-3-5-13(11-14)16-22-20-12-28-16)19-8-4-10-25-18(27)24-9-2-1-7-15(24)23-25/h3,5-6,11-12H,1-2,4,7-10H2,(H2,19,21,26). The molecule has 146 valence electrons. The third-order valence-corrected chi connectivity index (χ3v) is 4.59. The van der Waals surface area contributed by atoms with Gasteiger partial charge in [0.25, 0.3) is 0 Å². The number of urea groups is 1. The Morgan fingerprint density at radius 1 is 1.29 bits per heavy atom. The van der Waals surface area contributed by atoms with Crippen molar-refractivity contribution < 1.29 is 9.21 Å². The molecule has 0 fully saturated rings. The topological polar surface area (TPSA) is 120 Å². The Morgan fingerprint density at radius 3 is 3.04 bits per heavy atom. The van der Waals surface area contributed by atoms with Gasteiger partial charge in [-0.15, -0.1) is 10.2 Å². The van der Waals surface area contributed by atoms with Gasteiger partial charge in [0.05, 0.1) is 0 Å². The Balaban J connectivity index is 1.26. The fourth-order valence-corrected chi connectivity index (χ4v) is 3.23. The molecular weight excluding hydrogens is 362 g/mol. The van der Waals surface area contributed by atoms with Crippen LogP contribution in [-0.4, -0.2) is 37.1 Å². The van der Waals surface area contributed by atoms with Crippen molar-refractivity contribution >= 4 is 11.7 Å². The number of aromatic nitrogens is 5. The van der Waals surface area contributed by atoms with Crippen molar-refractivity contribution in [3.8, 4) is 11.5 Å². The summed E-state index contributed by atoms with van der Waals surface area (Å²) in [6, 6.07) is 6.82. The number of fused-ring (bicyclic) bond motifs is 1. The van der Waals surface area contributed by atoms with Crippen molar-refractivity contribution in [3.05, 3.63) is 47.0 Å². The molecule has 10 heteroatoms. The number of carbonyl (C=O) groups is 1. The van der Waals surface area contributed by atoms with Crippen LogP contribution in [0.25, 0.3) is 11.5 Å². The zero-order valence-electron chi connectivity index (χ0n) is 15.3. The Labute approximate surface area is 160 Å². The number of aryl methyl sites for hydroxylation is 2. The van der Waals surface area contributed by atoms with Crippen molar-refractivity contribution in [1.29, 1.82) is 0 Å². The first-order valence-corrected chi connectivity index (χ1v) is 9.29. The molecule has 2 N–H and O–H groups in total. The highest BCUT2D eigenvalue weighted by molar-refractivity contribution is 5.89. The number of hydrogen-bond acceptors (Lipinski definition) is 6. The first-order chi connectivity index (χ1) is 13.7. The van der Waals surface area contributed by atoms with Gasteiger partial charge in [-0.2, -0.15) is 5.10 Å². The maximum atomic E-state index is 12.3. The van der Waals surface area contributed by atoms with Gasteiger partial charge < -0.3 is 15.1 Å². The number of carbonyl (C=O) groups excluding carboxylic acids is 1. The van der Waals surface area contributed by atoms with Crippen LogP contribution >= 0.6 is 0 Å². The van der Waals surface area contributed by atoms with Gasteiger partial charge in [-0.25, -0.2) is 14.3 Å². The summed E-state index contributed by atoms with van der Waals surface area (Å²) < 4.78 is 8.40. The van der Waals surface area contributed by atoms with Crippen molar-refractivity contribution in [2.45, 2.75) is 38.8 Å². The van der Waals surface area contributed by atoms with E-state index in [2.05, 4.69) is 25.9 Å². The maximum Gasteiger partial charge on any atom is 0.345 e. The van der Waals surface area contributed by atoms with Gasteiger partial charge in [0.15, 0.2) is 0 Å². The number of amides is 2. The predicted octanol–water partition coefficient (Wildman–Crippen LogP) is 1.64. The number of hydrogen-bond donors (Lipinski definition) is 2. The van der Waals surface area contributed by atoms with Gasteiger partial charge in [-0.05, 0) is 37.5 Å². The lowest BCUT2D eigenvalue weighted by Gasteiger charge is -2.09. The molecule has 1 aliphatic heterocycles. The van der Waals surface area contributed by atoms with E-state index in [4.69, 9.17) is 4.42 Å². The molecule has 1 aromatic carbocycles. The first-order valence-electron chi connectivity index (χ1n) is 9.29. The molecule has 0 unspecified atom stereocenters. The van der Waals surface area contributed by atoms with Crippen LogP contribution in [0.15, 0.2) is 39.9 Å². The number of rotatable bonds is 6. The molecule has 0 bridgehead atoms. The Morgan fingerprint density at radius 2 is 2.21 bits per heavy atom. The number of nitrogens with zero attached hydrogens (tertiary/aromatic N) is 5. The van der Waals surface area contributed by atoms with Crippen LogP contribution in [0, 0.1) is 0 Å². The highest BCUT2D eigenvalue weighted by Crippen LogP contribution is 2.20. The lowest BCUT2D eigenvalue weighted by Crippen LogP contribution is -2.31. The zero-order chi connectivity index (χ0) is 19.3. The molecule has 0 spiro atoms. The van der Waals surface area contributed by atoms with E-state index in [1.54, 1.807) is 22.8 Å². The zero-order valence-corrected chi connectivity index (χ0v) is 15.3. The number of benzene rings is 1. The average molecular weight is 383 g/mol. The minimum absolute atomic E-state index is 0.0583. The molecule has 10 nitrogen and oxygen atoms in total. The molecular formula is C18H21N7O3. The van der Waals surface area contributed by atoms with E-state index in [1.807, 2.05) is 6.07 Å². The second-order valence-electron chi connectivity index (χ2n) is 6.59. The molecule has 3 aromatic rings. The summed E-state index contributed by atoms with van der Waals surface area (Å²) in [7, 11) is 0. The van der Waals surface area contributed by atoms with E-state index in [9.17, 15) is 9.59 Å². The summed E-state index contributed by atoms with van der Waals surface area (Å²) in [4.78, 5) is 24.3. The van der Waals surface area contributed by atoms with Gasteiger partial charge in [-0.3, -0.25) is 4.57 Å². The van der Waals surface area contributed by atoms with Gasteiger partial charge in [0.1, 0.15) is 5.82 Å². The minimum atomic E-state index is -0.320. The minimum Gasteiger partial charge on any atom is -0.423 e. The number of anilines is 1. The third-order valence-electron chi connectivity index (χ3n) is 4.59. The van der Waals surface area contributed by atoms with E-state index in [0.29, 0.717) is 31.1 Å². The van der Waals surface area contributed by atoms with E-state index >= 15 is 0 Å². The van der Waals surface area contributed by atoms with Crippen LogP contribution in [0.4, 0.5) is 10.5 Å². The van der Waals surface area contributed by atoms with Crippen LogP contribution in [-0.2, 0) is 19.5 Å². The first kappa shape index (κ1) is 18.0. The summed E-state index contributed by atoms with van der Waals surface area (Å²) >= 11 is 0. The Kier molecular flexibility index (Phi) is 5.18. The molecule has 0 radical (unpaired) electrons. The molecule has 0 atom stereocenters. The second kappa shape index (κ2) is 8.07. The lowest BCUT2D eigenvalue weighted by molar-refractivity contribution is 0.251. The van der Waals surface area contributed by atoms with Crippen molar-refractivity contribution in [2.24, 2.45) is 0 Å². The monoisotopic (exact) mass is 383 g/mol. The maximum absolute atomic E-state index is 12.3. The molecule has 0 aliphatic carbocycles. The molecule has 2 amide bonds. The fraction of sp³-hybridized carbons (Fsp3) is 0.389. The molecule has 1 aliphatic rings. The van der Waals surface area contributed by atoms with Crippen molar-refractivity contribution in [3.63, 3.8) is 0 Å². The molecule has 4 rings (SSSR count). The van der Waals surface area contributed by atoms with Crippen LogP contribution in [0.2, 0.25) is 0 Å². The van der Waals surface area contributed by atoms with Gasteiger partial charge >= 0.3 is 11.7 Å². The second-order valence-corrected chi connectivity index (χ2v) is 6.59. The van der Waals surface area contributed by atoms with Crippen LogP contribution < -0.4 is 16.3 Å². The smallest absolute Gasteiger partial charge is 0.345 e. The molecule has 0 saturated carbocycles. The fourth-order valence-electron chi connectivity index (χ4n) is 3.23. The summed E-state index contributed by atoms with van der Waals surface area (Å²) in [6.07, 6.45) is 4.82. The highest BCUT2D eigenvalue weighted by Gasteiger charge is 2.16. The van der Waals surface area contributed by atoms with Crippen molar-refractivity contribution in [2.75, 3.05) is 11.9 Å². The van der Waals surface area contributed by atoms with E-state index < -0.39 is 0 Å². The quantitative estimate of drug-likeness (QED) is 0.625. The highest BCUT2D eigenvalue weighted by atomic mass is 16.4. The van der Waals surface area contributed by atoms with E-state index in [1.165, 1.54) is 11.1 Å². The SMILES string of the molecule is O=C(NCCCn1nc2n(c1=O)CCCC2)Nc1cccc(-c2nnco2)c1. The third kappa shape index (κ3) is 3.95. The molecule has 0 saturated heterocycles. The predicted molar refractivity (Wildman–Crippen MR) is 101 cm³/mol. The molecule has 3 heterocycles. The summed E-state index contributed by atoms with van der Waals surface area (Å²) in [5.41, 5.74) is 1.28. The Hall–Kier alpha value is -3.43. The number of nitrogens with one attached hydrogen (secondary N) is 2. The van der Waals surface area contributed by atoms with Gasteiger partial charge in [0.2, 0.25) is 12.3 Å². The van der Waals surface area contributed by atoms with Crippen LogP contribution in [0.1, 0.15) is 25.1 Å². The van der Waals surface area contributed by atoms with Gasteiger partial charge in [0, 0.05) is 37.3 Å². The molecule has 28 heavy (non-hydrogen) atoms. The lowest BCUT2D eigenvalue weighted by atomic mass is 10.2. The summed E-state index contributed by atoms with van der Waals surface area (Å²) in [5, 5.41) is 17.4. The van der Waals surface area contributed by atoms with E-state index in [0.717, 1.165) is 37.2 Å². The van der Waals surface area contributed by atoms with Crippen LogP contribution in [0.3, 0.4) is 0 Å². The van der Waals surface area contributed by atoms with Crippen molar-refractivity contribution in [1.82, 2.24) is 29.9 Å². The van der Waals surface area contributed by atoms with E-state index in [-0.39, 0.29) is 11.7 Å². The summed E-state index contributed by atoms with van der Waals surface area (Å²) in [6.45, 7) is 1.66. The molecule has 2 aromatic heterocycles. The van der Waals surface area contributed by atoms with Crippen LogP contribution in [0.5, 0.6) is 0 Å². The Bertz CT molecular complexity index is 1010. The largest absolute Gasteiger partial charge is 0.423 e. The average Bonchev–Trinajstić information content (AvgIpc) is 3.35. The normalized spacial score (nSPS) is 13.1. The van der Waals surface area contributed by atoms with Gasteiger partial charge in [-0.1, -0.05) is 6.07 Å².